The second kappa shape index (κ2) is 5.98. The van der Waals surface area contributed by atoms with Gasteiger partial charge in [0.25, 0.3) is 0 Å². The minimum atomic E-state index is 0.315. The number of benzene rings is 1. The molecule has 0 saturated heterocycles. The van der Waals surface area contributed by atoms with Crippen LogP contribution in [0.1, 0.15) is 49.5 Å². The minimum absolute atomic E-state index is 0.315. The molecule has 1 aliphatic rings. The molecule has 0 spiro atoms. The second-order valence-electron chi connectivity index (χ2n) is 6.11. The van der Waals surface area contributed by atoms with E-state index >= 15 is 0 Å². The van der Waals surface area contributed by atoms with Crippen molar-refractivity contribution in [2.75, 3.05) is 6.54 Å². The molecule has 0 saturated carbocycles. The van der Waals surface area contributed by atoms with E-state index in [0.29, 0.717) is 17.9 Å². The van der Waals surface area contributed by atoms with Gasteiger partial charge in [0.1, 0.15) is 0 Å². The van der Waals surface area contributed by atoms with Gasteiger partial charge in [-0.2, -0.15) is 4.98 Å². The topological polar surface area (TPSA) is 51.0 Å². The smallest absolute Gasteiger partial charge is 0.228 e. The third-order valence-corrected chi connectivity index (χ3v) is 4.32. The Hall–Kier alpha value is -1.68. The molecule has 3 rings (SSSR count). The summed E-state index contributed by atoms with van der Waals surface area (Å²) in [5, 5.41) is 7.68. The summed E-state index contributed by atoms with van der Waals surface area (Å²) in [6.07, 6.45) is 1.82. The standard InChI is InChI=1S/C17H23N3O/c1-4-18-15(11(2)3)10-16-19-17(20-21-16)14-9-12-7-5-6-8-13(12)14/h5-8,11,14-15,18H,4,9-10H2,1-3H3. The zero-order valence-electron chi connectivity index (χ0n) is 13.0. The average Bonchev–Trinajstić information content (AvgIpc) is 2.88. The Bertz CT molecular complexity index is 606. The molecule has 1 N–H and O–H groups in total. The van der Waals surface area contributed by atoms with E-state index in [1.165, 1.54) is 11.1 Å². The molecule has 4 nitrogen and oxygen atoms in total. The fourth-order valence-corrected chi connectivity index (χ4v) is 2.98. The summed E-state index contributed by atoms with van der Waals surface area (Å²) < 4.78 is 5.46. The van der Waals surface area contributed by atoms with Crippen LogP contribution >= 0.6 is 0 Å². The Labute approximate surface area is 126 Å². The molecule has 0 amide bonds. The van der Waals surface area contributed by atoms with E-state index in [9.17, 15) is 0 Å². The lowest BCUT2D eigenvalue weighted by atomic mass is 9.77. The lowest BCUT2D eigenvalue weighted by Gasteiger charge is -2.27. The molecule has 1 aliphatic carbocycles. The number of hydrogen-bond acceptors (Lipinski definition) is 4. The largest absolute Gasteiger partial charge is 0.339 e. The van der Waals surface area contributed by atoms with Gasteiger partial charge in [0.15, 0.2) is 5.82 Å². The first-order valence-electron chi connectivity index (χ1n) is 7.82. The number of nitrogens with one attached hydrogen (secondary N) is 1. The summed E-state index contributed by atoms with van der Waals surface area (Å²) in [5.74, 6) is 2.44. The average molecular weight is 285 g/mol. The molecule has 1 heterocycles. The molecule has 112 valence electrons. The third-order valence-electron chi connectivity index (χ3n) is 4.32. The summed E-state index contributed by atoms with van der Waals surface area (Å²) >= 11 is 0. The van der Waals surface area contributed by atoms with Gasteiger partial charge in [0, 0.05) is 12.5 Å². The van der Waals surface area contributed by atoms with Gasteiger partial charge in [-0.05, 0) is 30.0 Å². The maximum Gasteiger partial charge on any atom is 0.228 e. The van der Waals surface area contributed by atoms with Crippen LogP contribution in [0, 0.1) is 5.92 Å². The molecule has 0 bridgehead atoms. The van der Waals surface area contributed by atoms with Crippen molar-refractivity contribution in [2.24, 2.45) is 5.92 Å². The first-order chi connectivity index (χ1) is 10.2. The van der Waals surface area contributed by atoms with Crippen molar-refractivity contribution in [1.29, 1.82) is 0 Å². The van der Waals surface area contributed by atoms with Crippen molar-refractivity contribution in [3.63, 3.8) is 0 Å². The fraction of sp³-hybridized carbons (Fsp3) is 0.529. The number of hydrogen-bond donors (Lipinski definition) is 1. The van der Waals surface area contributed by atoms with Gasteiger partial charge < -0.3 is 9.84 Å². The molecule has 2 aromatic rings. The van der Waals surface area contributed by atoms with Crippen molar-refractivity contribution in [3.8, 4) is 0 Å². The quantitative estimate of drug-likeness (QED) is 0.886. The van der Waals surface area contributed by atoms with E-state index in [0.717, 1.165) is 31.1 Å². The van der Waals surface area contributed by atoms with Gasteiger partial charge >= 0.3 is 0 Å². The molecule has 1 aromatic carbocycles. The van der Waals surface area contributed by atoms with E-state index in [1.54, 1.807) is 0 Å². The summed E-state index contributed by atoms with van der Waals surface area (Å²) in [4.78, 5) is 4.62. The van der Waals surface area contributed by atoms with Crippen LogP contribution in [0.4, 0.5) is 0 Å². The van der Waals surface area contributed by atoms with Gasteiger partial charge in [-0.25, -0.2) is 0 Å². The van der Waals surface area contributed by atoms with Crippen LogP contribution in [-0.2, 0) is 12.8 Å². The predicted molar refractivity (Wildman–Crippen MR) is 82.3 cm³/mol. The van der Waals surface area contributed by atoms with Crippen molar-refractivity contribution in [1.82, 2.24) is 15.5 Å². The SMILES string of the molecule is CCNC(Cc1nc(C2Cc3ccccc32)no1)C(C)C. The lowest BCUT2D eigenvalue weighted by Crippen LogP contribution is -2.35. The van der Waals surface area contributed by atoms with Crippen LogP contribution in [0.15, 0.2) is 28.8 Å². The Kier molecular flexibility index (Phi) is 4.06. The fourth-order valence-electron chi connectivity index (χ4n) is 2.98. The molecule has 0 radical (unpaired) electrons. The number of rotatable bonds is 6. The first-order valence-corrected chi connectivity index (χ1v) is 7.82. The predicted octanol–water partition coefficient (Wildman–Crippen LogP) is 2.93. The molecule has 2 atom stereocenters. The molecule has 2 unspecified atom stereocenters. The third kappa shape index (κ3) is 2.86. The van der Waals surface area contributed by atoms with Gasteiger partial charge in [-0.3, -0.25) is 0 Å². The van der Waals surface area contributed by atoms with Gasteiger partial charge in [0.05, 0.1) is 5.92 Å². The van der Waals surface area contributed by atoms with Crippen molar-refractivity contribution >= 4 is 0 Å². The van der Waals surface area contributed by atoms with Crippen LogP contribution in [0.5, 0.6) is 0 Å². The van der Waals surface area contributed by atoms with E-state index in [-0.39, 0.29) is 0 Å². The molecule has 4 heteroatoms. The monoisotopic (exact) mass is 285 g/mol. The highest BCUT2D eigenvalue weighted by Gasteiger charge is 2.31. The van der Waals surface area contributed by atoms with Crippen LogP contribution in [0.3, 0.4) is 0 Å². The Morgan fingerprint density at radius 2 is 2.14 bits per heavy atom. The number of fused-ring (bicyclic) bond motifs is 1. The highest BCUT2D eigenvalue weighted by atomic mass is 16.5. The number of likely N-dealkylation sites (N-methyl/N-ethyl adjacent to an activating group) is 1. The minimum Gasteiger partial charge on any atom is -0.339 e. The van der Waals surface area contributed by atoms with Gasteiger partial charge in [-0.15, -0.1) is 0 Å². The van der Waals surface area contributed by atoms with E-state index in [1.807, 2.05) is 0 Å². The number of aromatic nitrogens is 2. The molecule has 21 heavy (non-hydrogen) atoms. The molecular weight excluding hydrogens is 262 g/mol. The highest BCUT2D eigenvalue weighted by molar-refractivity contribution is 5.43. The Morgan fingerprint density at radius 3 is 2.86 bits per heavy atom. The van der Waals surface area contributed by atoms with Crippen LogP contribution in [0.2, 0.25) is 0 Å². The summed E-state index contributed by atoms with van der Waals surface area (Å²) in [6.45, 7) is 7.51. The highest BCUT2D eigenvalue weighted by Crippen LogP contribution is 2.38. The van der Waals surface area contributed by atoms with Crippen molar-refractivity contribution < 1.29 is 4.52 Å². The summed E-state index contributed by atoms with van der Waals surface area (Å²) in [5.41, 5.74) is 2.75. The van der Waals surface area contributed by atoms with E-state index in [2.05, 4.69) is 60.5 Å². The molecular formula is C17H23N3O. The first kappa shape index (κ1) is 14.3. The molecule has 1 aromatic heterocycles. The van der Waals surface area contributed by atoms with Crippen molar-refractivity contribution in [3.05, 3.63) is 47.1 Å². The number of nitrogens with zero attached hydrogens (tertiary/aromatic N) is 2. The van der Waals surface area contributed by atoms with Gasteiger partial charge in [-0.1, -0.05) is 50.2 Å². The van der Waals surface area contributed by atoms with Crippen molar-refractivity contribution in [2.45, 2.75) is 45.6 Å². The maximum absolute atomic E-state index is 5.46. The summed E-state index contributed by atoms with van der Waals surface area (Å²) in [6, 6.07) is 8.88. The van der Waals surface area contributed by atoms with Crippen LogP contribution < -0.4 is 5.32 Å². The normalized spacial score (nSPS) is 18.4. The lowest BCUT2D eigenvalue weighted by molar-refractivity contribution is 0.326. The second-order valence-corrected chi connectivity index (χ2v) is 6.11. The summed E-state index contributed by atoms with van der Waals surface area (Å²) in [7, 11) is 0. The molecule has 0 aliphatic heterocycles. The zero-order valence-corrected chi connectivity index (χ0v) is 13.0. The Morgan fingerprint density at radius 1 is 1.33 bits per heavy atom. The maximum atomic E-state index is 5.46. The van der Waals surface area contributed by atoms with Crippen LogP contribution in [0.25, 0.3) is 0 Å². The van der Waals surface area contributed by atoms with Gasteiger partial charge in [0.2, 0.25) is 5.89 Å². The molecule has 0 fully saturated rings. The van der Waals surface area contributed by atoms with Crippen LogP contribution in [-0.4, -0.2) is 22.7 Å². The van der Waals surface area contributed by atoms with E-state index < -0.39 is 0 Å². The van der Waals surface area contributed by atoms with E-state index in [4.69, 9.17) is 4.52 Å². The zero-order chi connectivity index (χ0) is 14.8. The Balaban J connectivity index is 1.70.